The number of hydrogen-bond acceptors (Lipinski definition) is 5. The average Bonchev–Trinajstić information content (AvgIpc) is 3.14. The van der Waals surface area contributed by atoms with Gasteiger partial charge >= 0.3 is 0 Å². The maximum atomic E-state index is 12.2. The Morgan fingerprint density at radius 1 is 1.32 bits per heavy atom. The van der Waals surface area contributed by atoms with Crippen molar-refractivity contribution in [2.75, 3.05) is 16.3 Å². The third kappa shape index (κ3) is 3.83. The van der Waals surface area contributed by atoms with Crippen LogP contribution in [0.1, 0.15) is 34.3 Å². The van der Waals surface area contributed by atoms with Crippen molar-refractivity contribution in [2.45, 2.75) is 18.8 Å². The highest BCUT2D eigenvalue weighted by Gasteiger charge is 2.27. The molecule has 0 aliphatic heterocycles. The number of thiazole rings is 1. The van der Waals surface area contributed by atoms with Crippen LogP contribution in [0.4, 0.5) is 11.4 Å². The third-order valence-corrected chi connectivity index (χ3v) is 4.72. The Hall–Kier alpha value is -1.93. The smallest absolute Gasteiger partial charge is 0.275 e. The first-order chi connectivity index (χ1) is 10.4. The van der Waals surface area contributed by atoms with E-state index in [-0.39, 0.29) is 5.91 Å². The highest BCUT2D eigenvalue weighted by molar-refractivity contribution is 7.92. The van der Waals surface area contributed by atoms with E-state index in [0.717, 1.165) is 24.1 Å². The fraction of sp³-hybridized carbons (Fsp3) is 0.286. The zero-order valence-electron chi connectivity index (χ0n) is 11.9. The van der Waals surface area contributed by atoms with Gasteiger partial charge in [0.1, 0.15) is 5.69 Å². The molecule has 22 heavy (non-hydrogen) atoms. The lowest BCUT2D eigenvalue weighted by molar-refractivity contribution is 0.102. The lowest BCUT2D eigenvalue weighted by Crippen LogP contribution is -2.13. The summed E-state index contributed by atoms with van der Waals surface area (Å²) in [7, 11) is -3.35. The molecule has 1 aliphatic rings. The molecule has 0 atom stereocenters. The second-order valence-electron chi connectivity index (χ2n) is 5.25. The van der Waals surface area contributed by atoms with Crippen LogP contribution in [0.25, 0.3) is 0 Å². The van der Waals surface area contributed by atoms with Crippen LogP contribution in [0.2, 0.25) is 0 Å². The van der Waals surface area contributed by atoms with Crippen molar-refractivity contribution in [3.63, 3.8) is 0 Å². The second-order valence-corrected chi connectivity index (χ2v) is 7.89. The lowest BCUT2D eigenvalue weighted by Gasteiger charge is -2.07. The maximum Gasteiger partial charge on any atom is 0.275 e. The van der Waals surface area contributed by atoms with Crippen LogP contribution in [-0.2, 0) is 10.0 Å². The molecule has 2 N–H and O–H groups in total. The first-order valence-electron chi connectivity index (χ1n) is 6.75. The van der Waals surface area contributed by atoms with Crippen LogP contribution in [0.15, 0.2) is 29.6 Å². The molecule has 3 rings (SSSR count). The Bertz CT molecular complexity index is 810. The topological polar surface area (TPSA) is 88.2 Å². The molecule has 0 saturated heterocycles. The number of nitrogens with one attached hydrogen (secondary N) is 2. The van der Waals surface area contributed by atoms with E-state index in [9.17, 15) is 13.2 Å². The second kappa shape index (κ2) is 5.69. The van der Waals surface area contributed by atoms with E-state index in [1.807, 2.05) is 0 Å². The number of rotatable bonds is 5. The van der Waals surface area contributed by atoms with Gasteiger partial charge in [0.05, 0.1) is 17.0 Å². The van der Waals surface area contributed by atoms with E-state index < -0.39 is 10.0 Å². The van der Waals surface area contributed by atoms with Crippen molar-refractivity contribution in [2.24, 2.45) is 0 Å². The lowest BCUT2D eigenvalue weighted by atomic mass is 10.3. The molecule has 8 heteroatoms. The predicted molar refractivity (Wildman–Crippen MR) is 87.0 cm³/mol. The quantitative estimate of drug-likeness (QED) is 0.878. The van der Waals surface area contributed by atoms with Crippen molar-refractivity contribution in [1.29, 1.82) is 0 Å². The fourth-order valence-corrected chi connectivity index (χ4v) is 3.51. The van der Waals surface area contributed by atoms with Gasteiger partial charge in [0.2, 0.25) is 10.0 Å². The summed E-state index contributed by atoms with van der Waals surface area (Å²) in [5.74, 6) is 0.230. The number of carbonyl (C=O) groups excluding carboxylic acids is 1. The van der Waals surface area contributed by atoms with Crippen molar-refractivity contribution in [3.8, 4) is 0 Å². The molecule has 116 valence electrons. The largest absolute Gasteiger partial charge is 0.321 e. The van der Waals surface area contributed by atoms with E-state index >= 15 is 0 Å². The molecular formula is C14H15N3O3S2. The summed E-state index contributed by atoms with van der Waals surface area (Å²) in [5, 5.41) is 5.49. The summed E-state index contributed by atoms with van der Waals surface area (Å²) in [6.45, 7) is 0. The molecule has 1 heterocycles. The summed E-state index contributed by atoms with van der Waals surface area (Å²) in [6, 6.07) is 6.54. The van der Waals surface area contributed by atoms with Gasteiger partial charge in [-0.1, -0.05) is 6.07 Å². The van der Waals surface area contributed by atoms with E-state index in [4.69, 9.17) is 0 Å². The zero-order valence-corrected chi connectivity index (χ0v) is 13.5. The van der Waals surface area contributed by atoms with E-state index in [2.05, 4.69) is 15.0 Å². The molecular weight excluding hydrogens is 322 g/mol. The molecule has 1 aliphatic carbocycles. The van der Waals surface area contributed by atoms with Gasteiger partial charge in [0.25, 0.3) is 5.91 Å². The molecule has 1 aromatic heterocycles. The van der Waals surface area contributed by atoms with Gasteiger partial charge in [-0.3, -0.25) is 9.52 Å². The Morgan fingerprint density at radius 3 is 2.73 bits per heavy atom. The van der Waals surface area contributed by atoms with Crippen LogP contribution in [0, 0.1) is 0 Å². The molecule has 2 aromatic rings. The number of anilines is 2. The van der Waals surface area contributed by atoms with Gasteiger partial charge in [-0.2, -0.15) is 0 Å². The fourth-order valence-electron chi connectivity index (χ4n) is 1.98. The van der Waals surface area contributed by atoms with E-state index in [1.54, 1.807) is 29.6 Å². The van der Waals surface area contributed by atoms with Crippen LogP contribution in [-0.4, -0.2) is 25.6 Å². The number of sulfonamides is 1. The van der Waals surface area contributed by atoms with Gasteiger partial charge in [-0.05, 0) is 31.0 Å². The summed E-state index contributed by atoms with van der Waals surface area (Å²) in [4.78, 5) is 16.5. The molecule has 1 amide bonds. The van der Waals surface area contributed by atoms with E-state index in [1.165, 1.54) is 11.3 Å². The van der Waals surface area contributed by atoms with Gasteiger partial charge in [-0.15, -0.1) is 11.3 Å². The number of nitrogens with zero attached hydrogens (tertiary/aromatic N) is 1. The molecule has 0 radical (unpaired) electrons. The van der Waals surface area contributed by atoms with Crippen molar-refractivity contribution in [3.05, 3.63) is 40.3 Å². The van der Waals surface area contributed by atoms with Gasteiger partial charge in [0.15, 0.2) is 0 Å². The minimum Gasteiger partial charge on any atom is -0.321 e. The monoisotopic (exact) mass is 337 g/mol. The van der Waals surface area contributed by atoms with Gasteiger partial charge in [0, 0.05) is 17.0 Å². The number of hydrogen-bond donors (Lipinski definition) is 2. The first-order valence-corrected chi connectivity index (χ1v) is 9.52. The zero-order chi connectivity index (χ0) is 15.7. The SMILES string of the molecule is CS(=O)(=O)Nc1cccc(NC(=O)c2csc(C3CC3)n2)c1. The molecule has 1 saturated carbocycles. The first kappa shape index (κ1) is 15.0. The van der Waals surface area contributed by atoms with Crippen LogP contribution in [0.5, 0.6) is 0 Å². The minimum absolute atomic E-state index is 0.292. The number of aromatic nitrogens is 1. The third-order valence-electron chi connectivity index (χ3n) is 3.10. The Labute approximate surface area is 132 Å². The Balaban J connectivity index is 1.71. The molecule has 1 fully saturated rings. The van der Waals surface area contributed by atoms with Gasteiger partial charge < -0.3 is 5.32 Å². The summed E-state index contributed by atoms with van der Waals surface area (Å²) in [5.41, 5.74) is 1.31. The summed E-state index contributed by atoms with van der Waals surface area (Å²) in [6.07, 6.45) is 3.37. The maximum absolute atomic E-state index is 12.2. The highest BCUT2D eigenvalue weighted by atomic mass is 32.2. The average molecular weight is 337 g/mol. The molecule has 0 spiro atoms. The molecule has 6 nitrogen and oxygen atoms in total. The molecule has 1 aromatic carbocycles. The number of amides is 1. The van der Waals surface area contributed by atoms with Gasteiger partial charge in [-0.25, -0.2) is 13.4 Å². The minimum atomic E-state index is -3.35. The molecule has 0 unspecified atom stereocenters. The van der Waals surface area contributed by atoms with Crippen molar-refractivity contribution in [1.82, 2.24) is 4.98 Å². The summed E-state index contributed by atoms with van der Waals surface area (Å²) >= 11 is 1.51. The number of benzene rings is 1. The van der Waals surface area contributed by atoms with Crippen molar-refractivity contribution >= 4 is 38.6 Å². The van der Waals surface area contributed by atoms with Crippen molar-refractivity contribution < 1.29 is 13.2 Å². The van der Waals surface area contributed by atoms with Crippen LogP contribution >= 0.6 is 11.3 Å². The van der Waals surface area contributed by atoms with Crippen LogP contribution < -0.4 is 10.0 Å². The Morgan fingerprint density at radius 2 is 2.05 bits per heavy atom. The predicted octanol–water partition coefficient (Wildman–Crippen LogP) is 2.64. The van der Waals surface area contributed by atoms with E-state index in [0.29, 0.717) is 23.0 Å². The number of carbonyl (C=O) groups is 1. The summed E-state index contributed by atoms with van der Waals surface area (Å²) < 4.78 is 24.8. The standard InChI is InChI=1S/C14H15N3O3S2/c1-22(19,20)17-11-4-2-3-10(7-11)15-13(18)12-8-21-14(16-12)9-5-6-9/h2-4,7-9,17H,5-6H2,1H3,(H,15,18). The molecule has 0 bridgehead atoms. The van der Waals surface area contributed by atoms with Crippen LogP contribution in [0.3, 0.4) is 0 Å². The normalized spacial score (nSPS) is 14.6. The highest BCUT2D eigenvalue weighted by Crippen LogP contribution is 2.41. The Kier molecular flexibility index (Phi) is 3.88.